The van der Waals surface area contributed by atoms with E-state index in [1.165, 1.54) is 0 Å². The Hall–Kier alpha value is -2.42. The molecular weight excluding hydrogens is 457 g/mol. The molecule has 1 heterocycles. The van der Waals surface area contributed by atoms with Gasteiger partial charge in [-0.3, -0.25) is 10.1 Å². The van der Waals surface area contributed by atoms with Crippen molar-refractivity contribution in [1.29, 1.82) is 0 Å². The van der Waals surface area contributed by atoms with Crippen molar-refractivity contribution < 1.29 is 14.3 Å². The van der Waals surface area contributed by atoms with Gasteiger partial charge in [0.05, 0.1) is 11.4 Å². The van der Waals surface area contributed by atoms with Gasteiger partial charge in [0.15, 0.2) is 0 Å². The number of anilines is 1. The van der Waals surface area contributed by atoms with Crippen molar-refractivity contribution in [3.05, 3.63) is 63.2 Å². The molecule has 27 heavy (non-hydrogen) atoms. The molecule has 0 bridgehead atoms. The zero-order valence-corrected chi connectivity index (χ0v) is 17.4. The van der Waals surface area contributed by atoms with E-state index in [9.17, 15) is 9.59 Å². The van der Waals surface area contributed by atoms with Crippen LogP contribution >= 0.6 is 22.6 Å². The summed E-state index contributed by atoms with van der Waals surface area (Å²) in [4.78, 5) is 29.4. The number of benzene rings is 2. The van der Waals surface area contributed by atoms with Crippen LogP contribution in [-0.2, 0) is 9.53 Å². The SMILES string of the molecule is CC(C)(C)OC(=O)NC1N=C(c2ccccc2)c2cc(I)ccc2NC1=O. The number of amides is 2. The molecular formula is C20H20IN3O3. The standard InChI is InChI=1S/C20H20IN3O3/c1-20(2,3)27-19(26)24-17-18(25)22-15-10-9-13(21)11-14(15)16(23-17)12-7-5-4-6-8-12/h4-11,17H,1-3H3,(H,22,25)(H,24,26). The highest BCUT2D eigenvalue weighted by atomic mass is 127. The van der Waals surface area contributed by atoms with Gasteiger partial charge in [0.2, 0.25) is 6.17 Å². The smallest absolute Gasteiger partial charge is 0.409 e. The third-order valence-electron chi connectivity index (χ3n) is 3.70. The van der Waals surface area contributed by atoms with Gasteiger partial charge in [-0.2, -0.15) is 0 Å². The molecule has 0 saturated heterocycles. The summed E-state index contributed by atoms with van der Waals surface area (Å²) in [5.74, 6) is -0.422. The van der Waals surface area contributed by atoms with Gasteiger partial charge in [0.25, 0.3) is 5.91 Å². The number of rotatable bonds is 2. The van der Waals surface area contributed by atoms with Gasteiger partial charge in [-0.15, -0.1) is 0 Å². The van der Waals surface area contributed by atoms with Crippen LogP contribution in [0.5, 0.6) is 0 Å². The Morgan fingerprint density at radius 1 is 1.19 bits per heavy atom. The Balaban J connectivity index is 2.03. The van der Waals surface area contributed by atoms with Gasteiger partial charge < -0.3 is 10.1 Å². The maximum absolute atomic E-state index is 12.6. The van der Waals surface area contributed by atoms with Gasteiger partial charge in [0, 0.05) is 14.7 Å². The van der Waals surface area contributed by atoms with Crippen molar-refractivity contribution in [2.45, 2.75) is 32.5 Å². The van der Waals surface area contributed by atoms with Gasteiger partial charge in [0.1, 0.15) is 5.60 Å². The minimum absolute atomic E-state index is 0.422. The molecule has 1 aliphatic rings. The summed E-state index contributed by atoms with van der Waals surface area (Å²) >= 11 is 2.22. The molecule has 7 heteroatoms. The Labute approximate surface area is 171 Å². The first-order chi connectivity index (χ1) is 12.7. The van der Waals surface area contributed by atoms with Gasteiger partial charge in [-0.25, -0.2) is 9.79 Å². The molecule has 140 valence electrons. The fourth-order valence-electron chi connectivity index (χ4n) is 2.62. The molecule has 1 atom stereocenters. The lowest BCUT2D eigenvalue weighted by atomic mass is 10.0. The average molecular weight is 477 g/mol. The fourth-order valence-corrected chi connectivity index (χ4v) is 3.11. The Morgan fingerprint density at radius 3 is 2.56 bits per heavy atom. The van der Waals surface area contributed by atoms with Crippen LogP contribution in [0.15, 0.2) is 53.5 Å². The van der Waals surface area contributed by atoms with Crippen LogP contribution < -0.4 is 10.6 Å². The Kier molecular flexibility index (Phi) is 5.50. The van der Waals surface area contributed by atoms with E-state index in [2.05, 4.69) is 38.2 Å². The van der Waals surface area contributed by atoms with Crippen molar-refractivity contribution >= 4 is 46.0 Å². The topological polar surface area (TPSA) is 79.8 Å². The minimum atomic E-state index is -1.10. The minimum Gasteiger partial charge on any atom is -0.444 e. The van der Waals surface area contributed by atoms with Crippen LogP contribution in [0.2, 0.25) is 0 Å². The first kappa shape index (κ1) is 19.3. The molecule has 3 rings (SSSR count). The van der Waals surface area contributed by atoms with E-state index in [-0.39, 0.29) is 0 Å². The number of aliphatic imine (C=N–C) groups is 1. The number of hydrogen-bond acceptors (Lipinski definition) is 4. The van der Waals surface area contributed by atoms with Crippen LogP contribution in [0.3, 0.4) is 0 Å². The van der Waals surface area contributed by atoms with Crippen molar-refractivity contribution in [3.8, 4) is 0 Å². The predicted octanol–water partition coefficient (Wildman–Crippen LogP) is 3.93. The van der Waals surface area contributed by atoms with E-state index in [4.69, 9.17) is 4.74 Å². The molecule has 2 N–H and O–H groups in total. The molecule has 0 aliphatic carbocycles. The van der Waals surface area contributed by atoms with Crippen molar-refractivity contribution in [1.82, 2.24) is 5.32 Å². The van der Waals surface area contributed by atoms with E-state index in [0.29, 0.717) is 11.4 Å². The highest BCUT2D eigenvalue weighted by Gasteiger charge is 2.28. The molecule has 2 amide bonds. The third kappa shape index (κ3) is 4.85. The second kappa shape index (κ2) is 7.67. The summed E-state index contributed by atoms with van der Waals surface area (Å²) in [6, 6.07) is 15.3. The summed E-state index contributed by atoms with van der Waals surface area (Å²) < 4.78 is 6.28. The van der Waals surface area contributed by atoms with Crippen LogP contribution in [0.1, 0.15) is 31.9 Å². The van der Waals surface area contributed by atoms with Gasteiger partial charge in [-0.05, 0) is 61.6 Å². The highest BCUT2D eigenvalue weighted by Crippen LogP contribution is 2.26. The summed E-state index contributed by atoms with van der Waals surface area (Å²) in [6.07, 6.45) is -1.79. The summed E-state index contributed by atoms with van der Waals surface area (Å²) in [5, 5.41) is 5.39. The third-order valence-corrected chi connectivity index (χ3v) is 4.37. The molecule has 2 aromatic rings. The molecule has 0 aromatic heterocycles. The molecule has 2 aromatic carbocycles. The zero-order chi connectivity index (χ0) is 19.6. The van der Waals surface area contributed by atoms with Crippen molar-refractivity contribution in [2.75, 3.05) is 5.32 Å². The quantitative estimate of drug-likeness (QED) is 0.644. The van der Waals surface area contributed by atoms with Crippen LogP contribution in [0, 0.1) is 3.57 Å². The Bertz CT molecular complexity index is 904. The summed E-state index contributed by atoms with van der Waals surface area (Å²) in [6.45, 7) is 5.28. The number of hydrogen-bond donors (Lipinski definition) is 2. The van der Waals surface area contributed by atoms with Gasteiger partial charge in [-0.1, -0.05) is 30.3 Å². The second-order valence-corrected chi connectivity index (χ2v) is 8.32. The number of fused-ring (bicyclic) bond motifs is 1. The predicted molar refractivity (Wildman–Crippen MR) is 113 cm³/mol. The average Bonchev–Trinajstić information content (AvgIpc) is 2.71. The summed E-state index contributed by atoms with van der Waals surface area (Å²) in [5.41, 5.74) is 2.26. The first-order valence-electron chi connectivity index (χ1n) is 8.46. The molecule has 0 saturated carbocycles. The highest BCUT2D eigenvalue weighted by molar-refractivity contribution is 14.1. The van der Waals surface area contributed by atoms with Crippen molar-refractivity contribution in [3.63, 3.8) is 0 Å². The maximum Gasteiger partial charge on any atom is 0.409 e. The van der Waals surface area contributed by atoms with E-state index in [0.717, 1.165) is 14.7 Å². The number of carbonyl (C=O) groups excluding carboxylic acids is 2. The number of ether oxygens (including phenoxy) is 1. The van der Waals surface area contributed by atoms with Crippen molar-refractivity contribution in [2.24, 2.45) is 4.99 Å². The largest absolute Gasteiger partial charge is 0.444 e. The molecule has 6 nitrogen and oxygen atoms in total. The molecule has 0 spiro atoms. The normalized spacial score (nSPS) is 16.5. The molecule has 1 aliphatic heterocycles. The zero-order valence-electron chi connectivity index (χ0n) is 15.2. The Morgan fingerprint density at radius 2 is 1.89 bits per heavy atom. The lowest BCUT2D eigenvalue weighted by molar-refractivity contribution is -0.118. The fraction of sp³-hybridized carbons (Fsp3) is 0.250. The molecule has 0 radical (unpaired) electrons. The maximum atomic E-state index is 12.6. The first-order valence-corrected chi connectivity index (χ1v) is 9.54. The van der Waals surface area contributed by atoms with Crippen LogP contribution in [0.25, 0.3) is 0 Å². The molecule has 1 unspecified atom stereocenters. The van der Waals surface area contributed by atoms with E-state index >= 15 is 0 Å². The van der Waals surface area contributed by atoms with E-state index in [1.54, 1.807) is 20.8 Å². The molecule has 0 fully saturated rings. The monoisotopic (exact) mass is 477 g/mol. The number of benzodiazepines with no additional fused rings is 1. The number of alkyl carbamates (subject to hydrolysis) is 1. The lowest BCUT2D eigenvalue weighted by Gasteiger charge is -2.21. The van der Waals surface area contributed by atoms with Gasteiger partial charge >= 0.3 is 6.09 Å². The second-order valence-electron chi connectivity index (χ2n) is 7.07. The van der Waals surface area contributed by atoms with Crippen LogP contribution in [-0.4, -0.2) is 29.5 Å². The summed E-state index contributed by atoms with van der Waals surface area (Å²) in [7, 11) is 0. The van der Waals surface area contributed by atoms with E-state index < -0.39 is 23.8 Å². The number of nitrogens with zero attached hydrogens (tertiary/aromatic N) is 1. The number of halogens is 1. The number of carbonyl (C=O) groups is 2. The number of nitrogens with one attached hydrogen (secondary N) is 2. The lowest BCUT2D eigenvalue weighted by Crippen LogP contribution is -2.44. The van der Waals surface area contributed by atoms with E-state index in [1.807, 2.05) is 48.5 Å². The van der Waals surface area contributed by atoms with Crippen LogP contribution in [0.4, 0.5) is 10.5 Å².